The van der Waals surface area contributed by atoms with Crippen LogP contribution in [-0.4, -0.2) is 6.18 Å². The van der Waals surface area contributed by atoms with Crippen LogP contribution in [0.5, 0.6) is 0 Å². The molecule has 134 valence electrons. The largest absolute Gasteiger partial charge is 0.399 e. The number of halogens is 4. The summed E-state index contributed by atoms with van der Waals surface area (Å²) in [5.74, 6) is -2.27. The Morgan fingerprint density at radius 1 is 1.04 bits per heavy atom. The fraction of sp³-hybridized carbons (Fsp3) is 0.300. The number of aryl methyl sites for hydroxylation is 2. The molecule has 2 aromatic carbocycles. The van der Waals surface area contributed by atoms with Crippen molar-refractivity contribution in [2.24, 2.45) is 5.73 Å². The second-order valence-corrected chi connectivity index (χ2v) is 6.21. The van der Waals surface area contributed by atoms with Gasteiger partial charge in [0.2, 0.25) is 0 Å². The van der Waals surface area contributed by atoms with Gasteiger partial charge in [0, 0.05) is 12.1 Å². The summed E-state index contributed by atoms with van der Waals surface area (Å²) in [4.78, 5) is 0. The Labute approximate surface area is 145 Å². The van der Waals surface area contributed by atoms with Crippen LogP contribution in [0.2, 0.25) is 0 Å². The smallest absolute Gasteiger partial charge is 0.326 e. The van der Waals surface area contributed by atoms with Crippen molar-refractivity contribution in [3.8, 4) is 0 Å². The fourth-order valence-corrected chi connectivity index (χ4v) is 2.70. The zero-order valence-corrected chi connectivity index (χ0v) is 14.4. The first-order chi connectivity index (χ1) is 11.6. The summed E-state index contributed by atoms with van der Waals surface area (Å²) in [6.45, 7) is 5.52. The van der Waals surface area contributed by atoms with E-state index < -0.39 is 17.9 Å². The first-order valence-corrected chi connectivity index (χ1v) is 7.94. The Morgan fingerprint density at radius 2 is 1.64 bits per heavy atom. The average molecular weight is 351 g/mol. The molecule has 0 radical (unpaired) electrons. The third kappa shape index (κ3) is 4.48. The van der Waals surface area contributed by atoms with Crippen LogP contribution in [0, 0.1) is 26.6 Å². The summed E-state index contributed by atoms with van der Waals surface area (Å²) >= 11 is 0. The van der Waals surface area contributed by atoms with E-state index in [0.29, 0.717) is 11.1 Å². The summed E-state index contributed by atoms with van der Waals surface area (Å²) in [5.41, 5.74) is 8.88. The maximum absolute atomic E-state index is 13.7. The minimum absolute atomic E-state index is 0.0446. The minimum Gasteiger partial charge on any atom is -0.326 e. The molecule has 0 spiro atoms. The van der Waals surface area contributed by atoms with Gasteiger partial charge >= 0.3 is 6.18 Å². The quantitative estimate of drug-likeness (QED) is 0.716. The van der Waals surface area contributed by atoms with Crippen molar-refractivity contribution >= 4 is 6.08 Å². The average Bonchev–Trinajstić information content (AvgIpc) is 2.51. The van der Waals surface area contributed by atoms with E-state index in [1.54, 1.807) is 32.0 Å². The molecule has 25 heavy (non-hydrogen) atoms. The predicted molar refractivity (Wildman–Crippen MR) is 92.8 cm³/mol. The Kier molecular flexibility index (Phi) is 5.68. The van der Waals surface area contributed by atoms with Crippen molar-refractivity contribution in [2.75, 3.05) is 0 Å². The number of benzene rings is 2. The highest BCUT2D eigenvalue weighted by atomic mass is 19.4. The Balaban J connectivity index is 2.41. The molecule has 0 aliphatic rings. The van der Waals surface area contributed by atoms with Crippen LogP contribution in [0.15, 0.2) is 36.4 Å². The van der Waals surface area contributed by atoms with Gasteiger partial charge < -0.3 is 5.73 Å². The molecule has 1 nitrogen and oxygen atoms in total. The number of rotatable bonds is 4. The van der Waals surface area contributed by atoms with Crippen LogP contribution in [0.3, 0.4) is 0 Å². The van der Waals surface area contributed by atoms with Crippen LogP contribution in [0.4, 0.5) is 17.6 Å². The summed E-state index contributed by atoms with van der Waals surface area (Å²) in [6, 6.07) is 7.35. The van der Waals surface area contributed by atoms with Gasteiger partial charge in [-0.2, -0.15) is 13.2 Å². The van der Waals surface area contributed by atoms with Gasteiger partial charge in [-0.3, -0.25) is 0 Å². The Hall–Kier alpha value is -2.14. The maximum Gasteiger partial charge on any atom is 0.399 e. The van der Waals surface area contributed by atoms with Crippen LogP contribution < -0.4 is 5.73 Å². The summed E-state index contributed by atoms with van der Waals surface area (Å²) in [5, 5.41) is 0. The maximum atomic E-state index is 13.7. The zero-order chi connectivity index (χ0) is 18.8. The van der Waals surface area contributed by atoms with Crippen molar-refractivity contribution in [1.29, 1.82) is 0 Å². The van der Waals surface area contributed by atoms with Crippen molar-refractivity contribution in [3.63, 3.8) is 0 Å². The molecule has 5 heteroatoms. The molecule has 0 bridgehead atoms. The standard InChI is InChI=1S/C20H21F4N/c1-12-8-17(9-13(2)14(12)3)18(20(22,23)24)7-5-15-4-6-16(11-25)19(21)10-15/h4-10,18H,11,25H2,1-3H3/b7-5+. The van der Waals surface area contributed by atoms with E-state index in [2.05, 4.69) is 0 Å². The van der Waals surface area contributed by atoms with Gasteiger partial charge in [0.15, 0.2) is 0 Å². The summed E-state index contributed by atoms with van der Waals surface area (Å²) in [6.07, 6.45) is -2.06. The highest BCUT2D eigenvalue weighted by Gasteiger charge is 2.39. The molecule has 2 N–H and O–H groups in total. The second-order valence-electron chi connectivity index (χ2n) is 6.21. The molecule has 2 rings (SSSR count). The summed E-state index contributed by atoms with van der Waals surface area (Å²) < 4.78 is 54.3. The molecule has 0 fully saturated rings. The van der Waals surface area contributed by atoms with Gasteiger partial charge in [-0.15, -0.1) is 0 Å². The van der Waals surface area contributed by atoms with Crippen molar-refractivity contribution in [3.05, 3.63) is 75.6 Å². The number of alkyl halides is 3. The molecular formula is C20H21F4N. The van der Waals surface area contributed by atoms with Gasteiger partial charge in [-0.05, 0) is 54.7 Å². The number of hydrogen-bond donors (Lipinski definition) is 1. The molecule has 2 aromatic rings. The topological polar surface area (TPSA) is 26.0 Å². The fourth-order valence-electron chi connectivity index (χ4n) is 2.70. The molecule has 0 aliphatic heterocycles. The van der Waals surface area contributed by atoms with E-state index in [0.717, 1.165) is 22.8 Å². The SMILES string of the molecule is Cc1cc(C(/C=C/c2ccc(CN)c(F)c2)C(F)(F)F)cc(C)c1C. The lowest BCUT2D eigenvalue weighted by Crippen LogP contribution is -2.19. The molecule has 1 unspecified atom stereocenters. The lowest BCUT2D eigenvalue weighted by Gasteiger charge is -2.19. The highest BCUT2D eigenvalue weighted by molar-refractivity contribution is 5.52. The van der Waals surface area contributed by atoms with E-state index >= 15 is 0 Å². The van der Waals surface area contributed by atoms with E-state index in [4.69, 9.17) is 5.73 Å². The number of hydrogen-bond acceptors (Lipinski definition) is 1. The van der Waals surface area contributed by atoms with Crippen LogP contribution in [0.25, 0.3) is 6.08 Å². The monoisotopic (exact) mass is 351 g/mol. The van der Waals surface area contributed by atoms with Gasteiger partial charge in [-0.1, -0.05) is 36.4 Å². The minimum atomic E-state index is -4.43. The highest BCUT2D eigenvalue weighted by Crippen LogP contribution is 2.37. The molecule has 1 atom stereocenters. The van der Waals surface area contributed by atoms with Crippen LogP contribution >= 0.6 is 0 Å². The normalized spacial score (nSPS) is 13.4. The third-order valence-electron chi connectivity index (χ3n) is 4.44. The van der Waals surface area contributed by atoms with Crippen molar-refractivity contribution < 1.29 is 17.6 Å². The van der Waals surface area contributed by atoms with E-state index in [-0.39, 0.29) is 12.1 Å². The van der Waals surface area contributed by atoms with Gasteiger partial charge in [0.25, 0.3) is 0 Å². The third-order valence-corrected chi connectivity index (χ3v) is 4.44. The first-order valence-electron chi connectivity index (χ1n) is 7.94. The van der Waals surface area contributed by atoms with Crippen molar-refractivity contribution in [2.45, 2.75) is 39.4 Å². The molecule has 0 heterocycles. The molecular weight excluding hydrogens is 330 g/mol. The van der Waals surface area contributed by atoms with Gasteiger partial charge in [0.1, 0.15) is 5.82 Å². The zero-order valence-electron chi connectivity index (χ0n) is 14.4. The van der Waals surface area contributed by atoms with Crippen molar-refractivity contribution in [1.82, 2.24) is 0 Å². The molecule has 0 aliphatic carbocycles. The molecule has 0 saturated heterocycles. The Bertz CT molecular complexity index is 768. The summed E-state index contributed by atoms with van der Waals surface area (Å²) in [7, 11) is 0. The van der Waals surface area contributed by atoms with Crippen LogP contribution in [-0.2, 0) is 6.54 Å². The number of nitrogens with two attached hydrogens (primary N) is 1. The van der Waals surface area contributed by atoms with E-state index in [9.17, 15) is 17.6 Å². The second kappa shape index (κ2) is 7.40. The lowest BCUT2D eigenvalue weighted by atomic mass is 9.91. The number of allylic oxidation sites excluding steroid dienone is 1. The molecule has 0 saturated carbocycles. The van der Waals surface area contributed by atoms with E-state index in [1.807, 2.05) is 6.92 Å². The molecule has 0 aromatic heterocycles. The predicted octanol–water partition coefficient (Wildman–Crippen LogP) is 5.57. The van der Waals surface area contributed by atoms with Gasteiger partial charge in [-0.25, -0.2) is 4.39 Å². The van der Waals surface area contributed by atoms with E-state index in [1.165, 1.54) is 18.2 Å². The Morgan fingerprint density at radius 3 is 2.12 bits per heavy atom. The first kappa shape index (κ1) is 19.2. The lowest BCUT2D eigenvalue weighted by molar-refractivity contribution is -0.139. The molecule has 0 amide bonds. The van der Waals surface area contributed by atoms with Gasteiger partial charge in [0.05, 0.1) is 5.92 Å². The van der Waals surface area contributed by atoms with Crippen LogP contribution in [0.1, 0.15) is 39.3 Å².